The second kappa shape index (κ2) is 7.70. The number of aromatic nitrogens is 1. The molecule has 1 N–H and O–H groups in total. The summed E-state index contributed by atoms with van der Waals surface area (Å²) in [6.07, 6.45) is 2.55. The second-order valence-corrected chi connectivity index (χ2v) is 6.20. The number of carbonyl (C=O) groups is 1. The van der Waals surface area contributed by atoms with Crippen molar-refractivity contribution in [3.05, 3.63) is 88.4 Å². The summed E-state index contributed by atoms with van der Waals surface area (Å²) in [7, 11) is 0. The molecule has 116 valence electrons. The van der Waals surface area contributed by atoms with E-state index < -0.39 is 0 Å². The predicted molar refractivity (Wildman–Crippen MR) is 93.6 cm³/mol. The third-order valence-corrected chi connectivity index (χ3v) is 4.49. The Morgan fingerprint density at radius 2 is 1.61 bits per heavy atom. The lowest BCUT2D eigenvalue weighted by atomic mass is 9.90. The lowest BCUT2D eigenvalue weighted by molar-refractivity contribution is -0.121. The average Bonchev–Trinajstić information content (AvgIpc) is 3.10. The molecule has 0 bridgehead atoms. The number of thiazole rings is 1. The molecule has 3 nitrogen and oxygen atoms in total. The molecule has 0 aliphatic heterocycles. The van der Waals surface area contributed by atoms with E-state index in [9.17, 15) is 4.79 Å². The summed E-state index contributed by atoms with van der Waals surface area (Å²) in [5.41, 5.74) is 2.01. The SMILES string of the molecule is O=C(NCCc1nccs1)C(c1ccccc1)c1ccccc1. The van der Waals surface area contributed by atoms with E-state index in [0.29, 0.717) is 6.54 Å². The van der Waals surface area contributed by atoms with Crippen molar-refractivity contribution < 1.29 is 4.79 Å². The van der Waals surface area contributed by atoms with E-state index in [4.69, 9.17) is 0 Å². The number of carbonyl (C=O) groups excluding carboxylic acids is 1. The number of benzene rings is 2. The molecule has 1 amide bonds. The number of rotatable bonds is 6. The molecule has 3 aromatic rings. The number of nitrogens with zero attached hydrogens (tertiary/aromatic N) is 1. The molecule has 0 saturated heterocycles. The molecule has 1 heterocycles. The minimum atomic E-state index is -0.284. The molecule has 0 spiro atoms. The highest BCUT2D eigenvalue weighted by Crippen LogP contribution is 2.24. The van der Waals surface area contributed by atoms with Crippen molar-refractivity contribution in [3.8, 4) is 0 Å². The lowest BCUT2D eigenvalue weighted by Crippen LogP contribution is -2.31. The van der Waals surface area contributed by atoms with Crippen LogP contribution in [-0.2, 0) is 11.2 Å². The Morgan fingerprint density at radius 3 is 2.13 bits per heavy atom. The van der Waals surface area contributed by atoms with Gasteiger partial charge in [-0.05, 0) is 11.1 Å². The molecule has 2 aromatic carbocycles. The summed E-state index contributed by atoms with van der Waals surface area (Å²) >= 11 is 1.61. The van der Waals surface area contributed by atoms with Crippen molar-refractivity contribution >= 4 is 17.2 Å². The Kier molecular flexibility index (Phi) is 5.17. The van der Waals surface area contributed by atoms with E-state index in [1.807, 2.05) is 66.0 Å². The van der Waals surface area contributed by atoms with E-state index in [2.05, 4.69) is 10.3 Å². The van der Waals surface area contributed by atoms with E-state index in [-0.39, 0.29) is 11.8 Å². The van der Waals surface area contributed by atoms with Crippen LogP contribution in [0, 0.1) is 0 Å². The molecular formula is C19H18N2OS. The molecule has 23 heavy (non-hydrogen) atoms. The Balaban J connectivity index is 1.74. The highest BCUT2D eigenvalue weighted by atomic mass is 32.1. The fourth-order valence-electron chi connectivity index (χ4n) is 2.56. The fourth-order valence-corrected chi connectivity index (χ4v) is 3.18. The van der Waals surface area contributed by atoms with Gasteiger partial charge in [0.1, 0.15) is 0 Å². The Bertz CT molecular complexity index is 687. The van der Waals surface area contributed by atoms with Gasteiger partial charge < -0.3 is 5.32 Å². The Morgan fingerprint density at radius 1 is 1.00 bits per heavy atom. The smallest absolute Gasteiger partial charge is 0.232 e. The molecule has 1 aromatic heterocycles. The number of amides is 1. The third-order valence-electron chi connectivity index (χ3n) is 3.65. The normalized spacial score (nSPS) is 10.7. The van der Waals surface area contributed by atoms with Crippen LogP contribution >= 0.6 is 11.3 Å². The summed E-state index contributed by atoms with van der Waals surface area (Å²) in [5.74, 6) is -0.257. The minimum absolute atomic E-state index is 0.0268. The zero-order valence-electron chi connectivity index (χ0n) is 12.7. The summed E-state index contributed by atoms with van der Waals surface area (Å²) in [4.78, 5) is 17.0. The van der Waals surface area contributed by atoms with Crippen molar-refractivity contribution in [1.29, 1.82) is 0 Å². The van der Waals surface area contributed by atoms with Crippen LogP contribution in [0.4, 0.5) is 0 Å². The van der Waals surface area contributed by atoms with Gasteiger partial charge in [-0.1, -0.05) is 60.7 Å². The molecule has 0 aliphatic rings. The monoisotopic (exact) mass is 322 g/mol. The van der Waals surface area contributed by atoms with Crippen molar-refractivity contribution in [1.82, 2.24) is 10.3 Å². The predicted octanol–water partition coefficient (Wildman–Crippen LogP) is 3.63. The third kappa shape index (κ3) is 4.05. The zero-order chi connectivity index (χ0) is 15.9. The first-order valence-electron chi connectivity index (χ1n) is 7.60. The molecule has 4 heteroatoms. The summed E-state index contributed by atoms with van der Waals surface area (Å²) in [6.45, 7) is 0.600. The molecule has 0 fully saturated rings. The van der Waals surface area contributed by atoms with Gasteiger partial charge in [-0.3, -0.25) is 4.79 Å². The number of hydrogen-bond acceptors (Lipinski definition) is 3. The van der Waals surface area contributed by atoms with Gasteiger partial charge in [0.05, 0.1) is 10.9 Å². The van der Waals surface area contributed by atoms with Crippen LogP contribution in [-0.4, -0.2) is 17.4 Å². The molecule has 0 saturated carbocycles. The van der Waals surface area contributed by atoms with Crippen LogP contribution < -0.4 is 5.32 Å². The summed E-state index contributed by atoms with van der Waals surface area (Å²) < 4.78 is 0. The minimum Gasteiger partial charge on any atom is -0.355 e. The van der Waals surface area contributed by atoms with E-state index in [1.165, 1.54) is 0 Å². The maximum absolute atomic E-state index is 12.7. The topological polar surface area (TPSA) is 42.0 Å². The summed E-state index contributed by atoms with van der Waals surface area (Å²) in [6, 6.07) is 19.8. The quantitative estimate of drug-likeness (QED) is 0.753. The largest absolute Gasteiger partial charge is 0.355 e. The maximum Gasteiger partial charge on any atom is 0.232 e. The maximum atomic E-state index is 12.7. The van der Waals surface area contributed by atoms with Crippen LogP contribution in [0.25, 0.3) is 0 Å². The van der Waals surface area contributed by atoms with Gasteiger partial charge in [-0.15, -0.1) is 11.3 Å². The van der Waals surface area contributed by atoms with Crippen LogP contribution in [0.2, 0.25) is 0 Å². The van der Waals surface area contributed by atoms with Crippen LogP contribution in [0.15, 0.2) is 72.2 Å². The van der Waals surface area contributed by atoms with E-state index >= 15 is 0 Å². The zero-order valence-corrected chi connectivity index (χ0v) is 13.5. The van der Waals surface area contributed by atoms with E-state index in [0.717, 1.165) is 22.6 Å². The number of nitrogens with one attached hydrogen (secondary N) is 1. The van der Waals surface area contributed by atoms with Crippen LogP contribution in [0.3, 0.4) is 0 Å². The molecule has 0 atom stereocenters. The first-order valence-corrected chi connectivity index (χ1v) is 8.48. The van der Waals surface area contributed by atoms with Gasteiger partial charge in [0, 0.05) is 24.5 Å². The van der Waals surface area contributed by atoms with Crippen molar-refractivity contribution in [3.63, 3.8) is 0 Å². The lowest BCUT2D eigenvalue weighted by Gasteiger charge is -2.17. The fraction of sp³-hybridized carbons (Fsp3) is 0.158. The van der Waals surface area contributed by atoms with Crippen LogP contribution in [0.1, 0.15) is 22.1 Å². The van der Waals surface area contributed by atoms with E-state index in [1.54, 1.807) is 17.5 Å². The molecular weight excluding hydrogens is 304 g/mol. The molecule has 0 radical (unpaired) electrons. The molecule has 3 rings (SSSR count). The molecule has 0 unspecified atom stereocenters. The highest BCUT2D eigenvalue weighted by molar-refractivity contribution is 7.09. The van der Waals surface area contributed by atoms with Gasteiger partial charge in [0.2, 0.25) is 5.91 Å². The standard InChI is InChI=1S/C19H18N2OS/c22-19(21-12-11-17-20-13-14-23-17)18(15-7-3-1-4-8-15)16-9-5-2-6-10-16/h1-10,13-14,18H,11-12H2,(H,21,22). The van der Waals surface area contributed by atoms with Gasteiger partial charge in [-0.25, -0.2) is 4.98 Å². The molecule has 0 aliphatic carbocycles. The van der Waals surface area contributed by atoms with Gasteiger partial charge in [0.25, 0.3) is 0 Å². The average molecular weight is 322 g/mol. The highest BCUT2D eigenvalue weighted by Gasteiger charge is 2.21. The first-order chi connectivity index (χ1) is 11.3. The Hall–Kier alpha value is -2.46. The number of hydrogen-bond donors (Lipinski definition) is 1. The van der Waals surface area contributed by atoms with Gasteiger partial charge >= 0.3 is 0 Å². The van der Waals surface area contributed by atoms with Crippen molar-refractivity contribution in [2.24, 2.45) is 0 Å². The van der Waals surface area contributed by atoms with Crippen LogP contribution in [0.5, 0.6) is 0 Å². The summed E-state index contributed by atoms with van der Waals surface area (Å²) in [5, 5.41) is 6.04. The second-order valence-electron chi connectivity index (χ2n) is 5.22. The Labute approximate surface area is 140 Å². The first kappa shape index (κ1) is 15.4. The van der Waals surface area contributed by atoms with Crippen molar-refractivity contribution in [2.45, 2.75) is 12.3 Å². The van der Waals surface area contributed by atoms with Gasteiger partial charge in [0.15, 0.2) is 0 Å². The van der Waals surface area contributed by atoms with Gasteiger partial charge in [-0.2, -0.15) is 0 Å². The van der Waals surface area contributed by atoms with Crippen molar-refractivity contribution in [2.75, 3.05) is 6.54 Å².